The van der Waals surface area contributed by atoms with Crippen LogP contribution in [0, 0.1) is 0 Å². The smallest absolute Gasteiger partial charge is 0.417 e. The molecule has 0 spiro atoms. The summed E-state index contributed by atoms with van der Waals surface area (Å²) in [5, 5.41) is 36.8. The molecule has 0 aliphatic carbocycles. The Morgan fingerprint density at radius 1 is 0.435 bits per heavy atom. The molecule has 0 unspecified atom stereocenters. The van der Waals surface area contributed by atoms with Crippen molar-refractivity contribution in [1.82, 2.24) is 0 Å². The lowest BCUT2D eigenvalue weighted by Crippen LogP contribution is -2.12. The van der Waals surface area contributed by atoms with Crippen molar-refractivity contribution in [2.45, 2.75) is 12.4 Å². The summed E-state index contributed by atoms with van der Waals surface area (Å²) < 4.78 is 95.5. The van der Waals surface area contributed by atoms with Gasteiger partial charge in [-0.2, -0.15) is 26.3 Å². The Bertz CT molecular complexity index is 1760. The van der Waals surface area contributed by atoms with Crippen LogP contribution in [0.1, 0.15) is 52.6 Å². The predicted octanol–water partition coefficient (Wildman–Crippen LogP) is 7.77. The lowest BCUT2D eigenvalue weighted by atomic mass is 9.94. The largest absolute Gasteiger partial charge is 0.478 e. The van der Waals surface area contributed by atoms with Crippen LogP contribution >= 0.6 is 0 Å². The molecule has 0 amide bonds. The molecule has 0 bridgehead atoms. The first-order chi connectivity index (χ1) is 21.4. The van der Waals surface area contributed by atoms with Gasteiger partial charge in [-0.1, -0.05) is 12.1 Å². The highest BCUT2D eigenvalue weighted by atomic mass is 19.4. The van der Waals surface area contributed by atoms with Gasteiger partial charge in [-0.15, -0.1) is 0 Å². The maximum atomic E-state index is 14.2. The van der Waals surface area contributed by atoms with E-state index in [1.807, 2.05) is 0 Å². The van der Waals surface area contributed by atoms with Crippen LogP contribution in [-0.4, -0.2) is 44.3 Å². The van der Waals surface area contributed by atoms with Gasteiger partial charge in [0.05, 0.1) is 33.4 Å². The molecule has 4 aromatic carbocycles. The number of benzene rings is 4. The van der Waals surface area contributed by atoms with Crippen LogP contribution < -0.4 is 9.47 Å². The molecule has 0 fully saturated rings. The summed E-state index contributed by atoms with van der Waals surface area (Å²) in [6, 6.07) is 9.07. The van der Waals surface area contributed by atoms with Crippen molar-refractivity contribution in [3.05, 3.63) is 106 Å². The van der Waals surface area contributed by atoms with Gasteiger partial charge in [0.1, 0.15) is 23.0 Å². The third kappa shape index (κ3) is 7.01. The Hall–Kier alpha value is -6.06. The number of ether oxygens (including phenoxy) is 2. The number of rotatable bonds is 9. The van der Waals surface area contributed by atoms with Crippen molar-refractivity contribution in [3.8, 4) is 34.1 Å². The molecule has 4 aromatic rings. The second-order valence-electron chi connectivity index (χ2n) is 9.25. The number of hydrogen-bond donors (Lipinski definition) is 4. The number of carbonyl (C=O) groups is 4. The van der Waals surface area contributed by atoms with Gasteiger partial charge < -0.3 is 29.9 Å². The normalized spacial score (nSPS) is 11.5. The van der Waals surface area contributed by atoms with Gasteiger partial charge in [0.25, 0.3) is 0 Å². The summed E-state index contributed by atoms with van der Waals surface area (Å²) in [5.41, 5.74) is -7.70. The number of halogens is 6. The van der Waals surface area contributed by atoms with Crippen LogP contribution in [0.5, 0.6) is 23.0 Å². The van der Waals surface area contributed by atoms with Gasteiger partial charge in [0.15, 0.2) is 0 Å². The van der Waals surface area contributed by atoms with E-state index in [2.05, 4.69) is 0 Å². The fraction of sp³-hybridized carbons (Fsp3) is 0.0667. The predicted molar refractivity (Wildman–Crippen MR) is 143 cm³/mol. The van der Waals surface area contributed by atoms with Gasteiger partial charge in [0.2, 0.25) is 0 Å². The molecule has 0 saturated carbocycles. The van der Waals surface area contributed by atoms with Crippen molar-refractivity contribution in [3.63, 3.8) is 0 Å². The van der Waals surface area contributed by atoms with Crippen LogP contribution in [-0.2, 0) is 12.4 Å². The second kappa shape index (κ2) is 12.1. The quantitative estimate of drug-likeness (QED) is 0.131. The van der Waals surface area contributed by atoms with Gasteiger partial charge in [0, 0.05) is 0 Å². The zero-order chi connectivity index (χ0) is 34.1. The van der Waals surface area contributed by atoms with Crippen LogP contribution in [0.15, 0.2) is 72.8 Å². The zero-order valence-electron chi connectivity index (χ0n) is 22.4. The first-order valence-corrected chi connectivity index (χ1v) is 12.4. The van der Waals surface area contributed by atoms with Crippen molar-refractivity contribution < 1.29 is 75.4 Å². The van der Waals surface area contributed by atoms with E-state index in [-0.39, 0.29) is 11.5 Å². The monoisotopic (exact) mass is 650 g/mol. The summed E-state index contributed by atoms with van der Waals surface area (Å²) in [5.74, 6) is -8.39. The van der Waals surface area contributed by atoms with Crippen LogP contribution in [0.25, 0.3) is 11.1 Å². The number of alkyl halides is 6. The molecule has 0 atom stereocenters. The highest BCUT2D eigenvalue weighted by Crippen LogP contribution is 2.45. The molecule has 238 valence electrons. The van der Waals surface area contributed by atoms with E-state index in [1.165, 1.54) is 0 Å². The molecular formula is C30H16F6O10. The maximum absolute atomic E-state index is 14.2. The Morgan fingerprint density at radius 3 is 1.00 bits per heavy atom. The summed E-state index contributed by atoms with van der Waals surface area (Å²) in [6.45, 7) is 0. The molecule has 10 nitrogen and oxygen atoms in total. The second-order valence-corrected chi connectivity index (χ2v) is 9.25. The number of carboxylic acid groups (broad SMARTS) is 4. The highest BCUT2D eigenvalue weighted by molar-refractivity contribution is 6.02. The molecule has 0 aliphatic heterocycles. The molecular weight excluding hydrogens is 634 g/mol. The maximum Gasteiger partial charge on any atom is 0.417 e. The number of carboxylic acids is 4. The topological polar surface area (TPSA) is 168 Å². The minimum atomic E-state index is -5.23. The fourth-order valence-electron chi connectivity index (χ4n) is 4.29. The molecule has 0 heterocycles. The molecule has 46 heavy (non-hydrogen) atoms. The van der Waals surface area contributed by atoms with E-state index >= 15 is 0 Å². The standard InChI is InChI=1S/C30H16F6O10/c31-29(32,33)23-11-15(45-13-3-7-19(25(37)38)21(9-13)27(41)42)1-5-17(23)18-6-2-16(12-24(18)30(34,35)36)46-14-4-8-20(26(39)40)22(10-14)28(43)44/h1-12H,(H,37,38)(H,39,40)(H,41,42)(H,43,44). The van der Waals surface area contributed by atoms with Crippen molar-refractivity contribution in [2.24, 2.45) is 0 Å². The summed E-state index contributed by atoms with van der Waals surface area (Å²) in [6.07, 6.45) is -10.5. The van der Waals surface area contributed by atoms with Gasteiger partial charge in [-0.05, 0) is 71.8 Å². The summed E-state index contributed by atoms with van der Waals surface area (Å²) in [7, 11) is 0. The average molecular weight is 650 g/mol. The van der Waals surface area contributed by atoms with Gasteiger partial charge >= 0.3 is 36.2 Å². The molecule has 0 aliphatic rings. The Labute approximate surface area is 252 Å². The zero-order valence-corrected chi connectivity index (χ0v) is 22.4. The number of hydrogen-bond acceptors (Lipinski definition) is 6. The van der Waals surface area contributed by atoms with Crippen molar-refractivity contribution in [2.75, 3.05) is 0 Å². The van der Waals surface area contributed by atoms with E-state index in [0.29, 0.717) is 24.3 Å². The Balaban J connectivity index is 1.77. The molecule has 16 heteroatoms. The first-order valence-electron chi connectivity index (χ1n) is 12.4. The highest BCUT2D eigenvalue weighted by Gasteiger charge is 2.39. The average Bonchev–Trinajstić information content (AvgIpc) is 2.96. The third-order valence-corrected chi connectivity index (χ3v) is 6.26. The SMILES string of the molecule is O=C(O)c1ccc(Oc2ccc(-c3ccc(Oc4ccc(C(=O)O)c(C(=O)O)c4)cc3C(F)(F)F)c(C(F)(F)F)c2)cc1C(=O)O. The Kier molecular flexibility index (Phi) is 8.67. The van der Waals surface area contributed by atoms with Crippen LogP contribution in [0.3, 0.4) is 0 Å². The van der Waals surface area contributed by atoms with E-state index in [0.717, 1.165) is 48.5 Å². The van der Waals surface area contributed by atoms with E-state index in [9.17, 15) is 55.7 Å². The van der Waals surface area contributed by atoms with Crippen molar-refractivity contribution in [1.29, 1.82) is 0 Å². The summed E-state index contributed by atoms with van der Waals surface area (Å²) in [4.78, 5) is 45.3. The lowest BCUT2D eigenvalue weighted by Gasteiger charge is -2.20. The molecule has 4 N–H and O–H groups in total. The molecule has 0 radical (unpaired) electrons. The Morgan fingerprint density at radius 2 is 0.717 bits per heavy atom. The molecule has 0 saturated heterocycles. The van der Waals surface area contributed by atoms with Crippen LogP contribution in [0.2, 0.25) is 0 Å². The van der Waals surface area contributed by atoms with E-state index < -0.39 is 92.2 Å². The van der Waals surface area contributed by atoms with E-state index in [4.69, 9.17) is 19.7 Å². The molecule has 4 rings (SSSR count). The van der Waals surface area contributed by atoms with Gasteiger partial charge in [-0.3, -0.25) is 0 Å². The molecule has 0 aromatic heterocycles. The first kappa shape index (κ1) is 32.8. The minimum absolute atomic E-state index is 0.372. The fourth-order valence-corrected chi connectivity index (χ4v) is 4.29. The third-order valence-electron chi connectivity index (χ3n) is 6.26. The van der Waals surface area contributed by atoms with Crippen LogP contribution in [0.4, 0.5) is 26.3 Å². The number of aromatic carboxylic acids is 4. The lowest BCUT2D eigenvalue weighted by molar-refractivity contribution is -0.139. The van der Waals surface area contributed by atoms with Gasteiger partial charge in [-0.25, -0.2) is 19.2 Å². The van der Waals surface area contributed by atoms with E-state index in [1.54, 1.807) is 0 Å². The van der Waals surface area contributed by atoms with Crippen molar-refractivity contribution >= 4 is 23.9 Å². The minimum Gasteiger partial charge on any atom is -0.478 e. The summed E-state index contributed by atoms with van der Waals surface area (Å²) >= 11 is 0.